The molecule has 3 N–H and O–H groups in total. The maximum absolute atomic E-state index is 12.1. The number of rotatable bonds is 2. The second-order valence-electron chi connectivity index (χ2n) is 3.81. The molecule has 1 heterocycles. The number of carbonyl (C=O) groups is 1. The van der Waals surface area contributed by atoms with Gasteiger partial charge in [-0.3, -0.25) is 4.79 Å². The lowest BCUT2D eigenvalue weighted by atomic mass is 10.2. The number of aryl methyl sites for hydroxylation is 1. The number of aromatic nitrogens is 1. The molecule has 0 aliphatic heterocycles. The summed E-state index contributed by atoms with van der Waals surface area (Å²) in [5, 5.41) is 6.43. The fourth-order valence-electron chi connectivity index (χ4n) is 1.66. The molecule has 1 aromatic heterocycles. The average molecular weight is 242 g/mol. The van der Waals surface area contributed by atoms with Crippen molar-refractivity contribution in [3.05, 3.63) is 59.7 Å². The molecule has 0 saturated carbocycles. The van der Waals surface area contributed by atoms with Crippen LogP contribution in [-0.4, -0.2) is 10.5 Å². The molecule has 0 spiro atoms. The molecule has 0 fully saturated rings. The number of benzene rings is 1. The van der Waals surface area contributed by atoms with Crippen molar-refractivity contribution in [2.75, 3.05) is 5.32 Å². The van der Waals surface area contributed by atoms with E-state index in [0.29, 0.717) is 11.1 Å². The van der Waals surface area contributed by atoms with Gasteiger partial charge >= 0.3 is 0 Å². The van der Waals surface area contributed by atoms with Crippen molar-refractivity contribution in [3.63, 3.8) is 0 Å². The molecule has 0 bridgehead atoms. The summed E-state index contributed by atoms with van der Waals surface area (Å²) >= 11 is 0. The van der Waals surface area contributed by atoms with Crippen LogP contribution in [0, 0.1) is 0 Å². The highest BCUT2D eigenvalue weighted by Gasteiger charge is 2.09. The predicted octanol–water partition coefficient (Wildman–Crippen LogP) is 1.05. The van der Waals surface area contributed by atoms with Gasteiger partial charge in [0.25, 0.3) is 5.91 Å². The molecule has 0 unspecified atom stereocenters. The average Bonchev–Trinajstić information content (AvgIpc) is 2.39. The van der Waals surface area contributed by atoms with Crippen molar-refractivity contribution >= 4 is 11.6 Å². The number of amides is 1. The van der Waals surface area contributed by atoms with Gasteiger partial charge in [0.15, 0.2) is 5.49 Å². The molecule has 2 aromatic rings. The van der Waals surface area contributed by atoms with Crippen molar-refractivity contribution in [1.82, 2.24) is 4.57 Å². The topological polar surface area (TPSA) is 72.4 Å². The Balaban J connectivity index is 2.33. The summed E-state index contributed by atoms with van der Waals surface area (Å²) in [6.07, 6.45) is 1.78. The number of anilines is 1. The van der Waals surface area contributed by atoms with E-state index in [1.54, 1.807) is 29.9 Å². The van der Waals surface area contributed by atoms with Gasteiger partial charge in [0.1, 0.15) is 0 Å². The number of para-hydroxylation sites is 1. The van der Waals surface area contributed by atoms with Crippen molar-refractivity contribution in [2.24, 2.45) is 18.0 Å². The van der Waals surface area contributed by atoms with Crippen LogP contribution in [0.5, 0.6) is 0 Å². The van der Waals surface area contributed by atoms with Gasteiger partial charge in [0.2, 0.25) is 0 Å². The van der Waals surface area contributed by atoms with E-state index < -0.39 is 0 Å². The number of nitrogens with two attached hydrogens (primary N) is 1. The van der Waals surface area contributed by atoms with Crippen LogP contribution in [0.4, 0.5) is 5.69 Å². The first-order valence-electron chi connectivity index (χ1n) is 5.48. The Bertz CT molecular complexity index is 616. The molecule has 0 radical (unpaired) electrons. The molecule has 5 nitrogen and oxygen atoms in total. The number of nitrogens with zero attached hydrogens (tertiary/aromatic N) is 2. The number of hydrogen-bond acceptors (Lipinski definition) is 3. The second-order valence-corrected chi connectivity index (χ2v) is 3.81. The van der Waals surface area contributed by atoms with Crippen LogP contribution < -0.4 is 16.6 Å². The Morgan fingerprint density at radius 1 is 1.22 bits per heavy atom. The monoisotopic (exact) mass is 242 g/mol. The van der Waals surface area contributed by atoms with Crippen molar-refractivity contribution in [2.45, 2.75) is 0 Å². The van der Waals surface area contributed by atoms with Gasteiger partial charge in [-0.05, 0) is 24.3 Å². The van der Waals surface area contributed by atoms with Gasteiger partial charge in [-0.15, -0.1) is 0 Å². The van der Waals surface area contributed by atoms with E-state index in [-0.39, 0.29) is 5.91 Å². The number of nitrogens with one attached hydrogen (secondary N) is 1. The summed E-state index contributed by atoms with van der Waals surface area (Å²) < 4.78 is 1.69. The van der Waals surface area contributed by atoms with Crippen LogP contribution in [-0.2, 0) is 7.05 Å². The Labute approximate surface area is 105 Å². The third-order valence-electron chi connectivity index (χ3n) is 2.55. The van der Waals surface area contributed by atoms with Crippen molar-refractivity contribution in [1.29, 1.82) is 0 Å². The summed E-state index contributed by atoms with van der Waals surface area (Å²) in [6.45, 7) is 0. The molecule has 1 amide bonds. The van der Waals surface area contributed by atoms with Crippen LogP contribution >= 0.6 is 0 Å². The maximum atomic E-state index is 12.1. The van der Waals surface area contributed by atoms with Gasteiger partial charge in [-0.25, -0.2) is 0 Å². The normalized spacial score (nSPS) is 11.3. The highest BCUT2D eigenvalue weighted by Crippen LogP contribution is 2.06. The lowest BCUT2D eigenvalue weighted by Crippen LogP contribution is -2.29. The molecule has 0 saturated heterocycles. The fraction of sp³-hybridized carbons (Fsp3) is 0.0769. The van der Waals surface area contributed by atoms with Gasteiger partial charge < -0.3 is 15.7 Å². The zero-order valence-corrected chi connectivity index (χ0v) is 10.00. The summed E-state index contributed by atoms with van der Waals surface area (Å²) in [5.41, 5.74) is 1.61. The smallest absolute Gasteiger partial charge is 0.259 e. The minimum absolute atomic E-state index is 0.235. The maximum Gasteiger partial charge on any atom is 0.259 e. The summed E-state index contributed by atoms with van der Waals surface area (Å²) in [6, 6.07) is 12.7. The largest absolute Gasteiger partial charge is 0.334 e. The Morgan fingerprint density at radius 2 is 1.94 bits per heavy atom. The molecular weight excluding hydrogens is 228 g/mol. The van der Waals surface area contributed by atoms with Crippen LogP contribution in [0.25, 0.3) is 0 Å². The Kier molecular flexibility index (Phi) is 3.43. The van der Waals surface area contributed by atoms with Crippen molar-refractivity contribution < 1.29 is 4.79 Å². The van der Waals surface area contributed by atoms with E-state index in [9.17, 15) is 4.79 Å². The highest BCUT2D eigenvalue weighted by molar-refractivity contribution is 6.03. The molecule has 0 aliphatic rings. The summed E-state index contributed by atoms with van der Waals surface area (Å²) in [5.74, 6) is 5.07. The SMILES string of the molecule is Cn1cccc(C(=O)Nc2ccccc2)c1=NN. The van der Waals surface area contributed by atoms with Gasteiger partial charge in [-0.2, -0.15) is 5.10 Å². The quantitative estimate of drug-likeness (QED) is 0.610. The molecule has 1 aromatic carbocycles. The fourth-order valence-corrected chi connectivity index (χ4v) is 1.66. The van der Waals surface area contributed by atoms with Crippen LogP contribution in [0.3, 0.4) is 0 Å². The first-order valence-corrected chi connectivity index (χ1v) is 5.48. The predicted molar refractivity (Wildman–Crippen MR) is 69.6 cm³/mol. The summed E-state index contributed by atoms with van der Waals surface area (Å²) in [7, 11) is 1.78. The standard InChI is InChI=1S/C13H14N4O/c1-17-9-5-8-11(12(17)16-14)13(18)15-10-6-3-2-4-7-10/h2-9H,14H2,1H3,(H,15,18). The number of hydrogen-bond donors (Lipinski definition) is 2. The summed E-state index contributed by atoms with van der Waals surface area (Å²) in [4.78, 5) is 12.1. The zero-order chi connectivity index (χ0) is 13.0. The van der Waals surface area contributed by atoms with Crippen LogP contribution in [0.15, 0.2) is 53.8 Å². The second kappa shape index (κ2) is 5.18. The molecule has 0 aliphatic carbocycles. The van der Waals surface area contributed by atoms with Crippen molar-refractivity contribution in [3.8, 4) is 0 Å². The lowest BCUT2D eigenvalue weighted by Gasteiger charge is -2.07. The van der Waals surface area contributed by atoms with E-state index in [1.165, 1.54) is 0 Å². The zero-order valence-electron chi connectivity index (χ0n) is 10.00. The van der Waals surface area contributed by atoms with Crippen LogP contribution in [0.2, 0.25) is 0 Å². The van der Waals surface area contributed by atoms with E-state index in [2.05, 4.69) is 10.4 Å². The molecule has 18 heavy (non-hydrogen) atoms. The first kappa shape index (κ1) is 11.9. The minimum Gasteiger partial charge on any atom is -0.334 e. The molecule has 0 atom stereocenters. The minimum atomic E-state index is -0.235. The van der Waals surface area contributed by atoms with Crippen LogP contribution in [0.1, 0.15) is 10.4 Å². The van der Waals surface area contributed by atoms with Gasteiger partial charge in [0, 0.05) is 18.9 Å². The third-order valence-corrected chi connectivity index (χ3v) is 2.55. The third kappa shape index (κ3) is 2.40. The van der Waals surface area contributed by atoms with E-state index in [0.717, 1.165) is 5.69 Å². The Hall–Kier alpha value is -2.56. The molecule has 5 heteroatoms. The lowest BCUT2D eigenvalue weighted by molar-refractivity contribution is 0.102. The first-order chi connectivity index (χ1) is 8.72. The molecule has 92 valence electrons. The number of carbonyl (C=O) groups excluding carboxylic acids is 1. The van der Waals surface area contributed by atoms with E-state index >= 15 is 0 Å². The molecular formula is C13H14N4O. The Morgan fingerprint density at radius 3 is 2.61 bits per heavy atom. The number of pyridine rings is 1. The van der Waals surface area contributed by atoms with Gasteiger partial charge in [0.05, 0.1) is 5.56 Å². The van der Waals surface area contributed by atoms with E-state index in [4.69, 9.17) is 5.84 Å². The highest BCUT2D eigenvalue weighted by atomic mass is 16.1. The van der Waals surface area contributed by atoms with E-state index in [1.807, 2.05) is 30.3 Å². The molecule has 2 rings (SSSR count). The van der Waals surface area contributed by atoms with Gasteiger partial charge in [-0.1, -0.05) is 18.2 Å².